The van der Waals surface area contributed by atoms with E-state index >= 15 is 0 Å². The molecule has 3 heteroatoms. The molecule has 1 N–H and O–H groups in total. The molecule has 1 saturated carbocycles. The lowest BCUT2D eigenvalue weighted by Crippen LogP contribution is -2.32. The number of nitrogens with zero attached hydrogens (tertiary/aromatic N) is 1. The van der Waals surface area contributed by atoms with Gasteiger partial charge in [0, 0.05) is 6.54 Å². The minimum Gasteiger partial charge on any atom is -0.322 e. The van der Waals surface area contributed by atoms with Gasteiger partial charge >= 0.3 is 0 Å². The third-order valence-electron chi connectivity index (χ3n) is 4.28. The molecule has 0 aromatic heterocycles. The third kappa shape index (κ3) is 2.66. The van der Waals surface area contributed by atoms with E-state index in [9.17, 15) is 4.79 Å². The van der Waals surface area contributed by atoms with E-state index in [1.807, 2.05) is 4.90 Å². The molecule has 0 spiro atoms. The maximum absolute atomic E-state index is 12.1. The number of hydrogen-bond donors (Lipinski definition) is 1. The molecule has 1 aliphatic heterocycles. The predicted octanol–water partition coefficient (Wildman–Crippen LogP) is 2.53. The molecule has 0 radical (unpaired) electrons. The SMILES string of the molecule is Cc1ccc(C)c(C2NCC(=O)N2CCC2CC2)c1. The average molecular weight is 258 g/mol. The van der Waals surface area contributed by atoms with Gasteiger partial charge in [-0.05, 0) is 37.3 Å². The first kappa shape index (κ1) is 12.7. The second-order valence-electron chi connectivity index (χ2n) is 5.96. The summed E-state index contributed by atoms with van der Waals surface area (Å²) in [5, 5.41) is 3.36. The van der Waals surface area contributed by atoms with Crippen LogP contribution in [0.4, 0.5) is 0 Å². The molecule has 3 rings (SSSR count). The van der Waals surface area contributed by atoms with Crippen LogP contribution in [0.25, 0.3) is 0 Å². The second kappa shape index (κ2) is 4.97. The molecule has 1 aliphatic carbocycles. The number of amides is 1. The molecule has 1 aromatic carbocycles. The van der Waals surface area contributed by atoms with Crippen molar-refractivity contribution in [3.8, 4) is 0 Å². The Morgan fingerprint density at radius 3 is 2.84 bits per heavy atom. The van der Waals surface area contributed by atoms with Gasteiger partial charge in [-0.25, -0.2) is 0 Å². The maximum Gasteiger partial charge on any atom is 0.238 e. The molecule has 2 aliphatic rings. The zero-order chi connectivity index (χ0) is 13.4. The van der Waals surface area contributed by atoms with E-state index < -0.39 is 0 Å². The van der Waals surface area contributed by atoms with Crippen molar-refractivity contribution in [3.05, 3.63) is 34.9 Å². The molecular formula is C16H22N2O. The van der Waals surface area contributed by atoms with E-state index in [-0.39, 0.29) is 12.1 Å². The van der Waals surface area contributed by atoms with Gasteiger partial charge in [0.15, 0.2) is 0 Å². The summed E-state index contributed by atoms with van der Waals surface area (Å²) in [6, 6.07) is 6.48. The fraction of sp³-hybridized carbons (Fsp3) is 0.562. The van der Waals surface area contributed by atoms with Crippen LogP contribution < -0.4 is 5.32 Å². The van der Waals surface area contributed by atoms with Crippen molar-refractivity contribution in [3.63, 3.8) is 0 Å². The highest BCUT2D eigenvalue weighted by atomic mass is 16.2. The fourth-order valence-electron chi connectivity index (χ4n) is 2.85. The van der Waals surface area contributed by atoms with Crippen LogP contribution in [0.3, 0.4) is 0 Å². The van der Waals surface area contributed by atoms with E-state index in [4.69, 9.17) is 0 Å². The number of nitrogens with one attached hydrogen (secondary N) is 1. The standard InChI is InChI=1S/C16H22N2O/c1-11-3-4-12(2)14(9-11)16-17-10-15(19)18(16)8-7-13-5-6-13/h3-4,9,13,16-17H,5-8,10H2,1-2H3. The molecule has 0 bridgehead atoms. The summed E-state index contributed by atoms with van der Waals surface area (Å²) in [5.41, 5.74) is 3.76. The summed E-state index contributed by atoms with van der Waals surface area (Å²) in [6.07, 6.45) is 3.94. The van der Waals surface area contributed by atoms with E-state index in [0.717, 1.165) is 18.9 Å². The normalized spacial score (nSPS) is 23.2. The molecule has 1 amide bonds. The van der Waals surface area contributed by atoms with Crippen molar-refractivity contribution < 1.29 is 4.79 Å². The van der Waals surface area contributed by atoms with Gasteiger partial charge in [-0.1, -0.05) is 36.6 Å². The van der Waals surface area contributed by atoms with E-state index in [2.05, 4.69) is 37.4 Å². The van der Waals surface area contributed by atoms with Gasteiger partial charge in [0.1, 0.15) is 6.17 Å². The Balaban J connectivity index is 1.80. The number of hydrogen-bond acceptors (Lipinski definition) is 2. The van der Waals surface area contributed by atoms with Crippen LogP contribution in [0.1, 0.15) is 42.1 Å². The first-order valence-corrected chi connectivity index (χ1v) is 7.25. The average Bonchev–Trinajstić information content (AvgIpc) is 3.14. The maximum atomic E-state index is 12.1. The van der Waals surface area contributed by atoms with Gasteiger partial charge in [-0.2, -0.15) is 0 Å². The lowest BCUT2D eigenvalue weighted by atomic mass is 10.0. The molecular weight excluding hydrogens is 236 g/mol. The van der Waals surface area contributed by atoms with Crippen LogP contribution in [0.5, 0.6) is 0 Å². The summed E-state index contributed by atoms with van der Waals surface area (Å²) < 4.78 is 0. The molecule has 1 unspecified atom stereocenters. The van der Waals surface area contributed by atoms with Crippen LogP contribution in [-0.4, -0.2) is 23.9 Å². The Morgan fingerprint density at radius 1 is 1.32 bits per heavy atom. The Morgan fingerprint density at radius 2 is 2.11 bits per heavy atom. The highest BCUT2D eigenvalue weighted by molar-refractivity contribution is 5.81. The number of rotatable bonds is 4. The Bertz CT molecular complexity index is 494. The van der Waals surface area contributed by atoms with Gasteiger partial charge in [0.25, 0.3) is 0 Å². The van der Waals surface area contributed by atoms with Gasteiger partial charge < -0.3 is 4.90 Å². The van der Waals surface area contributed by atoms with Gasteiger partial charge in [-0.3, -0.25) is 10.1 Å². The van der Waals surface area contributed by atoms with Gasteiger partial charge in [-0.15, -0.1) is 0 Å². The van der Waals surface area contributed by atoms with E-state index in [1.54, 1.807) is 0 Å². The third-order valence-corrected chi connectivity index (χ3v) is 4.28. The van der Waals surface area contributed by atoms with Crippen molar-refractivity contribution in [1.29, 1.82) is 0 Å². The monoisotopic (exact) mass is 258 g/mol. The fourth-order valence-corrected chi connectivity index (χ4v) is 2.85. The first-order valence-electron chi connectivity index (χ1n) is 7.25. The summed E-state index contributed by atoms with van der Waals surface area (Å²) >= 11 is 0. The number of aryl methyl sites for hydroxylation is 2. The van der Waals surface area contributed by atoms with Crippen molar-refractivity contribution >= 4 is 5.91 Å². The topological polar surface area (TPSA) is 32.3 Å². The minimum absolute atomic E-state index is 0.0751. The predicted molar refractivity (Wildman–Crippen MR) is 75.7 cm³/mol. The van der Waals surface area contributed by atoms with Crippen molar-refractivity contribution in [2.75, 3.05) is 13.1 Å². The van der Waals surface area contributed by atoms with Crippen molar-refractivity contribution in [2.45, 2.75) is 39.3 Å². The lowest BCUT2D eigenvalue weighted by Gasteiger charge is -2.26. The molecule has 19 heavy (non-hydrogen) atoms. The summed E-state index contributed by atoms with van der Waals surface area (Å²) in [6.45, 7) is 5.60. The minimum atomic E-state index is 0.0751. The Labute approximate surface area is 115 Å². The van der Waals surface area contributed by atoms with Crippen LogP contribution in [0.15, 0.2) is 18.2 Å². The van der Waals surface area contributed by atoms with Crippen LogP contribution >= 0.6 is 0 Å². The van der Waals surface area contributed by atoms with E-state index in [1.165, 1.54) is 29.5 Å². The summed E-state index contributed by atoms with van der Waals surface area (Å²) in [4.78, 5) is 14.1. The summed E-state index contributed by atoms with van der Waals surface area (Å²) in [7, 11) is 0. The first-order chi connectivity index (χ1) is 9.15. The van der Waals surface area contributed by atoms with Crippen molar-refractivity contribution in [1.82, 2.24) is 10.2 Å². The lowest BCUT2D eigenvalue weighted by molar-refractivity contribution is -0.128. The van der Waals surface area contributed by atoms with Gasteiger partial charge in [0.05, 0.1) is 6.54 Å². The molecule has 1 atom stereocenters. The highest BCUT2D eigenvalue weighted by Gasteiger charge is 2.33. The number of carbonyl (C=O) groups is 1. The number of carbonyl (C=O) groups excluding carboxylic acids is 1. The molecule has 1 saturated heterocycles. The quantitative estimate of drug-likeness (QED) is 0.900. The molecule has 1 aromatic rings. The summed E-state index contributed by atoms with van der Waals surface area (Å²) in [5.74, 6) is 1.11. The van der Waals surface area contributed by atoms with Crippen LogP contribution in [0, 0.1) is 19.8 Å². The highest BCUT2D eigenvalue weighted by Crippen LogP contribution is 2.34. The zero-order valence-corrected chi connectivity index (χ0v) is 11.8. The van der Waals surface area contributed by atoms with Gasteiger partial charge in [0.2, 0.25) is 5.91 Å². The van der Waals surface area contributed by atoms with Crippen LogP contribution in [0.2, 0.25) is 0 Å². The van der Waals surface area contributed by atoms with Crippen LogP contribution in [-0.2, 0) is 4.79 Å². The van der Waals surface area contributed by atoms with Crippen molar-refractivity contribution in [2.24, 2.45) is 5.92 Å². The molecule has 102 valence electrons. The largest absolute Gasteiger partial charge is 0.322 e. The zero-order valence-electron chi connectivity index (χ0n) is 11.8. The van der Waals surface area contributed by atoms with E-state index in [0.29, 0.717) is 6.54 Å². The smallest absolute Gasteiger partial charge is 0.238 e. The molecule has 1 heterocycles. The number of benzene rings is 1. The second-order valence-corrected chi connectivity index (χ2v) is 5.96. The molecule has 2 fully saturated rings. The Hall–Kier alpha value is -1.35. The molecule has 3 nitrogen and oxygen atoms in total. The Kier molecular flexibility index (Phi) is 3.31.